The van der Waals surface area contributed by atoms with E-state index in [-0.39, 0.29) is 5.24 Å². The summed E-state index contributed by atoms with van der Waals surface area (Å²) in [5.41, 5.74) is 0. The smallest absolute Gasteiger partial charge is 0.310 e. The maximum absolute atomic E-state index is 10.9. The van der Waals surface area contributed by atoms with Gasteiger partial charge in [-0.15, -0.1) is 0 Å². The maximum Gasteiger partial charge on any atom is 0.318 e. The largest absolute Gasteiger partial charge is 0.318 e. The van der Waals surface area contributed by atoms with Gasteiger partial charge in [-0.3, -0.25) is 9.36 Å². The number of hydrogen-bond acceptors (Lipinski definition) is 4. The van der Waals surface area contributed by atoms with Crippen LogP contribution in [0.2, 0.25) is 0 Å². The van der Waals surface area contributed by atoms with Crippen molar-refractivity contribution >= 4 is 17.3 Å². The highest BCUT2D eigenvalue weighted by Crippen LogP contribution is 2.04. The van der Waals surface area contributed by atoms with Crippen LogP contribution in [-0.4, -0.2) is 21.9 Å². The third-order valence-corrected chi connectivity index (χ3v) is 1.39. The summed E-state index contributed by atoms with van der Waals surface area (Å²) in [6, 6.07) is 0. The first-order valence-electron chi connectivity index (χ1n) is 2.57. The molecule has 4 nitrogen and oxygen atoms in total. The van der Waals surface area contributed by atoms with Crippen LogP contribution in [0.1, 0.15) is 0 Å². The molecule has 1 heterocycles. The van der Waals surface area contributed by atoms with E-state index in [0.29, 0.717) is 0 Å². The summed E-state index contributed by atoms with van der Waals surface area (Å²) in [7, 11) is 1.44. The summed E-state index contributed by atoms with van der Waals surface area (Å²) < 4.78 is 5.89. The van der Waals surface area contributed by atoms with E-state index in [0.717, 1.165) is 12.0 Å². The Kier molecular flexibility index (Phi) is 2.47. The molecule has 0 unspecified atom stereocenters. The molecule has 0 aliphatic carbocycles. The Morgan fingerprint density at radius 2 is 2.60 bits per heavy atom. The first kappa shape index (κ1) is 7.30. The van der Waals surface area contributed by atoms with Crippen LogP contribution < -0.4 is 0 Å². The van der Waals surface area contributed by atoms with E-state index < -0.39 is 0 Å². The fraction of sp³-hybridized carbons (Fsp3) is 0.200. The van der Waals surface area contributed by atoms with Crippen molar-refractivity contribution in [1.82, 2.24) is 9.55 Å². The number of carbonyl (C=O) groups excluding carboxylic acids is 1. The van der Waals surface area contributed by atoms with Gasteiger partial charge in [-0.2, -0.15) is 0 Å². The molecule has 54 valence electrons. The number of aromatic nitrogens is 2. The van der Waals surface area contributed by atoms with Crippen LogP contribution in [0.5, 0.6) is 0 Å². The van der Waals surface area contributed by atoms with Crippen molar-refractivity contribution in [2.75, 3.05) is 7.11 Å². The maximum atomic E-state index is 10.9. The third-order valence-electron chi connectivity index (χ3n) is 0.870. The average Bonchev–Trinajstić information content (AvgIpc) is 2.38. The van der Waals surface area contributed by atoms with Crippen molar-refractivity contribution in [2.45, 2.75) is 0 Å². The zero-order valence-corrected chi connectivity index (χ0v) is 6.17. The molecule has 0 radical (unpaired) electrons. The van der Waals surface area contributed by atoms with Gasteiger partial charge in [0.15, 0.2) is 0 Å². The lowest BCUT2D eigenvalue weighted by Crippen LogP contribution is -2.01. The molecule has 0 aliphatic rings. The number of rotatable bonds is 1. The van der Waals surface area contributed by atoms with Crippen LogP contribution in [0, 0.1) is 0 Å². The fourth-order valence-electron chi connectivity index (χ4n) is 0.481. The van der Waals surface area contributed by atoms with E-state index in [4.69, 9.17) is 0 Å². The highest BCUT2D eigenvalue weighted by molar-refractivity contribution is 8.09. The van der Waals surface area contributed by atoms with Crippen LogP contribution in [0.4, 0.5) is 4.79 Å². The van der Waals surface area contributed by atoms with Gasteiger partial charge in [-0.1, -0.05) is 0 Å². The van der Waals surface area contributed by atoms with Gasteiger partial charge in [0.05, 0.1) is 19.2 Å². The standard InChI is InChI=1S/C5H6N2O2S/c1-9-10-5(8)7-3-2-6-4-7/h2-4H,1H3. The zero-order valence-electron chi connectivity index (χ0n) is 5.35. The van der Waals surface area contributed by atoms with E-state index >= 15 is 0 Å². The summed E-state index contributed by atoms with van der Waals surface area (Å²) in [5, 5.41) is -0.194. The van der Waals surface area contributed by atoms with E-state index in [1.807, 2.05) is 0 Å². The molecule has 0 N–H and O–H groups in total. The number of nitrogens with zero attached hydrogens (tertiary/aromatic N) is 2. The fourth-order valence-corrected chi connectivity index (χ4v) is 0.818. The molecule has 1 aromatic rings. The van der Waals surface area contributed by atoms with Gasteiger partial charge in [0, 0.05) is 12.4 Å². The Balaban J connectivity index is 2.59. The summed E-state index contributed by atoms with van der Waals surface area (Å²) in [5.74, 6) is 0. The van der Waals surface area contributed by atoms with E-state index in [9.17, 15) is 4.79 Å². The number of imidazole rings is 1. The van der Waals surface area contributed by atoms with Crippen molar-refractivity contribution in [3.63, 3.8) is 0 Å². The van der Waals surface area contributed by atoms with Gasteiger partial charge in [0.25, 0.3) is 0 Å². The van der Waals surface area contributed by atoms with Crippen molar-refractivity contribution in [2.24, 2.45) is 0 Å². The van der Waals surface area contributed by atoms with Crippen molar-refractivity contribution in [3.05, 3.63) is 18.7 Å². The van der Waals surface area contributed by atoms with E-state index in [1.165, 1.54) is 24.2 Å². The summed E-state index contributed by atoms with van der Waals surface area (Å²) >= 11 is 0.773. The Bertz CT molecular complexity index is 209. The summed E-state index contributed by atoms with van der Waals surface area (Å²) in [6.45, 7) is 0. The SMILES string of the molecule is COSC(=O)n1ccnc1. The second kappa shape index (κ2) is 3.38. The lowest BCUT2D eigenvalue weighted by molar-refractivity contribution is 0.260. The van der Waals surface area contributed by atoms with Crippen molar-refractivity contribution < 1.29 is 8.98 Å². The molecular weight excluding hydrogens is 152 g/mol. The third kappa shape index (κ3) is 1.58. The molecule has 10 heavy (non-hydrogen) atoms. The minimum Gasteiger partial charge on any atom is -0.310 e. The Morgan fingerprint density at radius 1 is 1.80 bits per heavy atom. The van der Waals surface area contributed by atoms with Gasteiger partial charge in [-0.25, -0.2) is 4.98 Å². The molecule has 0 aliphatic heterocycles. The predicted octanol–water partition coefficient (Wildman–Crippen LogP) is 1.15. The van der Waals surface area contributed by atoms with Gasteiger partial charge in [0.2, 0.25) is 0 Å². The van der Waals surface area contributed by atoms with Crippen LogP contribution in [-0.2, 0) is 4.18 Å². The molecule has 0 saturated carbocycles. The van der Waals surface area contributed by atoms with Gasteiger partial charge in [0.1, 0.15) is 6.33 Å². The van der Waals surface area contributed by atoms with Crippen LogP contribution in [0.25, 0.3) is 0 Å². The average molecular weight is 158 g/mol. The van der Waals surface area contributed by atoms with E-state index in [2.05, 4.69) is 9.17 Å². The highest BCUT2D eigenvalue weighted by Gasteiger charge is 2.02. The molecule has 0 bridgehead atoms. The normalized spacial score (nSPS) is 9.70. The first-order valence-corrected chi connectivity index (χ1v) is 3.31. The molecule has 0 atom stereocenters. The Hall–Kier alpha value is -0.810. The van der Waals surface area contributed by atoms with Crippen LogP contribution in [0.15, 0.2) is 18.7 Å². The van der Waals surface area contributed by atoms with Crippen LogP contribution in [0.3, 0.4) is 0 Å². The molecule has 0 aromatic carbocycles. The number of hydrogen-bond donors (Lipinski definition) is 0. The zero-order chi connectivity index (χ0) is 7.40. The molecule has 0 spiro atoms. The van der Waals surface area contributed by atoms with Gasteiger partial charge < -0.3 is 4.18 Å². The van der Waals surface area contributed by atoms with Crippen LogP contribution >= 0.6 is 12.0 Å². The quantitative estimate of drug-likeness (QED) is 0.575. The highest BCUT2D eigenvalue weighted by atomic mass is 32.2. The van der Waals surface area contributed by atoms with Gasteiger partial charge in [-0.05, 0) is 0 Å². The topological polar surface area (TPSA) is 44.1 Å². The first-order chi connectivity index (χ1) is 4.84. The Morgan fingerprint density at radius 3 is 3.10 bits per heavy atom. The van der Waals surface area contributed by atoms with E-state index in [1.54, 1.807) is 6.20 Å². The second-order valence-corrected chi connectivity index (χ2v) is 2.34. The monoisotopic (exact) mass is 158 g/mol. The Labute approximate surface area is 62.4 Å². The molecule has 1 rings (SSSR count). The predicted molar refractivity (Wildman–Crippen MR) is 37.6 cm³/mol. The van der Waals surface area contributed by atoms with Crippen molar-refractivity contribution in [1.29, 1.82) is 0 Å². The second-order valence-electron chi connectivity index (χ2n) is 1.49. The molecule has 0 amide bonds. The molecule has 0 saturated heterocycles. The molecule has 1 aromatic heterocycles. The minimum absolute atomic E-state index is 0.194. The minimum atomic E-state index is -0.194. The molecular formula is C5H6N2O2S. The lowest BCUT2D eigenvalue weighted by atomic mass is 10.9. The van der Waals surface area contributed by atoms with Crippen molar-refractivity contribution in [3.8, 4) is 0 Å². The van der Waals surface area contributed by atoms with Gasteiger partial charge >= 0.3 is 5.24 Å². The number of carbonyl (C=O) groups is 1. The summed E-state index contributed by atoms with van der Waals surface area (Å²) in [4.78, 5) is 14.6. The summed E-state index contributed by atoms with van der Waals surface area (Å²) in [6.07, 6.45) is 4.52. The molecule has 0 fully saturated rings. The lowest BCUT2D eigenvalue weighted by Gasteiger charge is -1.94. The molecule has 5 heteroatoms.